The average molecular weight is 230 g/mol. The molecule has 1 aromatic heterocycles. The van der Waals surface area contributed by atoms with Crippen LogP contribution in [-0.4, -0.2) is 0 Å². The first-order chi connectivity index (χ1) is 6.77. The molecule has 0 aromatic carbocycles. The predicted molar refractivity (Wildman–Crippen MR) is 63.2 cm³/mol. The first-order valence-corrected chi connectivity index (χ1v) is 6.47. The van der Waals surface area contributed by atoms with Crippen LogP contribution in [0.1, 0.15) is 48.1 Å². The maximum absolute atomic E-state index is 6.19. The Bertz CT molecular complexity index is 328. The fourth-order valence-electron chi connectivity index (χ4n) is 2.12. The number of rotatable bonds is 3. The highest BCUT2D eigenvalue weighted by atomic mass is 35.5. The lowest BCUT2D eigenvalue weighted by atomic mass is 9.78. The summed E-state index contributed by atoms with van der Waals surface area (Å²) in [5, 5.41) is 0. The third-order valence-corrected chi connectivity index (χ3v) is 4.75. The summed E-state index contributed by atoms with van der Waals surface area (Å²) in [5.41, 5.74) is 8.48. The van der Waals surface area contributed by atoms with Crippen molar-refractivity contribution in [3.8, 4) is 0 Å². The van der Waals surface area contributed by atoms with Crippen LogP contribution in [0.5, 0.6) is 0 Å². The van der Waals surface area contributed by atoms with Gasteiger partial charge in [-0.1, -0.05) is 24.9 Å². The molecule has 1 saturated carbocycles. The number of hydrogen-bond donors (Lipinski definition) is 1. The minimum absolute atomic E-state index is 0.598. The molecule has 78 valence electrons. The van der Waals surface area contributed by atoms with Gasteiger partial charge < -0.3 is 5.73 Å². The molecule has 0 bridgehead atoms. The lowest BCUT2D eigenvalue weighted by Gasteiger charge is -2.27. The van der Waals surface area contributed by atoms with Crippen LogP contribution in [0.2, 0.25) is 4.34 Å². The van der Waals surface area contributed by atoms with Gasteiger partial charge in [-0.25, -0.2) is 0 Å². The minimum Gasteiger partial charge on any atom is -0.326 e. The van der Waals surface area contributed by atoms with Crippen molar-refractivity contribution in [2.24, 2.45) is 5.73 Å². The molecule has 1 aliphatic carbocycles. The molecule has 1 aliphatic rings. The maximum Gasteiger partial charge on any atom is 0.0979 e. The average Bonchev–Trinajstić information content (AvgIpc) is 2.40. The SMILES string of the molecule is CCc1sc(Cl)c(CN)c1C1CCC1. The summed E-state index contributed by atoms with van der Waals surface area (Å²) in [6.07, 6.45) is 5.11. The van der Waals surface area contributed by atoms with E-state index in [2.05, 4.69) is 6.92 Å². The second kappa shape index (κ2) is 4.21. The summed E-state index contributed by atoms with van der Waals surface area (Å²) in [6.45, 7) is 2.80. The van der Waals surface area contributed by atoms with Gasteiger partial charge in [0, 0.05) is 11.4 Å². The molecular weight excluding hydrogens is 214 g/mol. The Morgan fingerprint density at radius 3 is 2.64 bits per heavy atom. The van der Waals surface area contributed by atoms with E-state index < -0.39 is 0 Å². The number of nitrogens with two attached hydrogens (primary N) is 1. The van der Waals surface area contributed by atoms with Gasteiger partial charge in [0.2, 0.25) is 0 Å². The van der Waals surface area contributed by atoms with Gasteiger partial charge in [0.05, 0.1) is 4.34 Å². The van der Waals surface area contributed by atoms with Gasteiger partial charge in [0.15, 0.2) is 0 Å². The van der Waals surface area contributed by atoms with Gasteiger partial charge in [0.25, 0.3) is 0 Å². The zero-order chi connectivity index (χ0) is 10.1. The molecule has 0 atom stereocenters. The Balaban J connectivity index is 2.41. The van der Waals surface area contributed by atoms with Crippen molar-refractivity contribution in [2.75, 3.05) is 0 Å². The molecule has 1 fully saturated rings. The summed E-state index contributed by atoms with van der Waals surface area (Å²) < 4.78 is 0.922. The number of thiophene rings is 1. The number of hydrogen-bond acceptors (Lipinski definition) is 2. The summed E-state index contributed by atoms with van der Waals surface area (Å²) in [6, 6.07) is 0. The largest absolute Gasteiger partial charge is 0.326 e. The molecule has 1 heterocycles. The van der Waals surface area contributed by atoms with Crippen molar-refractivity contribution in [3.63, 3.8) is 0 Å². The molecule has 0 aliphatic heterocycles. The Morgan fingerprint density at radius 1 is 1.50 bits per heavy atom. The van der Waals surface area contributed by atoms with E-state index >= 15 is 0 Å². The van der Waals surface area contributed by atoms with E-state index in [1.807, 2.05) is 0 Å². The van der Waals surface area contributed by atoms with E-state index in [4.69, 9.17) is 17.3 Å². The van der Waals surface area contributed by atoms with Crippen molar-refractivity contribution >= 4 is 22.9 Å². The van der Waals surface area contributed by atoms with E-state index in [0.717, 1.165) is 16.7 Å². The van der Waals surface area contributed by atoms with Crippen molar-refractivity contribution < 1.29 is 0 Å². The molecule has 3 heteroatoms. The fraction of sp³-hybridized carbons (Fsp3) is 0.636. The zero-order valence-electron chi connectivity index (χ0n) is 8.48. The van der Waals surface area contributed by atoms with Gasteiger partial charge in [0.1, 0.15) is 0 Å². The van der Waals surface area contributed by atoms with Crippen molar-refractivity contribution in [1.82, 2.24) is 0 Å². The van der Waals surface area contributed by atoms with E-state index in [0.29, 0.717) is 6.54 Å². The molecule has 0 radical (unpaired) electrons. The Hall–Kier alpha value is -0.0500. The lowest BCUT2D eigenvalue weighted by Crippen LogP contribution is -2.13. The molecule has 0 amide bonds. The van der Waals surface area contributed by atoms with Crippen LogP contribution in [-0.2, 0) is 13.0 Å². The van der Waals surface area contributed by atoms with Gasteiger partial charge >= 0.3 is 0 Å². The predicted octanol–water partition coefficient (Wildman–Crippen LogP) is 3.69. The van der Waals surface area contributed by atoms with Crippen LogP contribution in [0, 0.1) is 0 Å². The normalized spacial score (nSPS) is 17.1. The van der Waals surface area contributed by atoms with Crippen LogP contribution in [0.3, 0.4) is 0 Å². The summed E-state index contributed by atoms with van der Waals surface area (Å²) in [4.78, 5) is 1.46. The highest BCUT2D eigenvalue weighted by Crippen LogP contribution is 2.45. The van der Waals surface area contributed by atoms with Crippen molar-refractivity contribution in [1.29, 1.82) is 0 Å². The molecule has 0 unspecified atom stereocenters. The van der Waals surface area contributed by atoms with Crippen LogP contribution < -0.4 is 5.73 Å². The van der Waals surface area contributed by atoms with Crippen molar-refractivity contribution in [3.05, 3.63) is 20.3 Å². The standard InChI is InChI=1S/C11H16ClNS/c1-2-9-10(7-4-3-5-7)8(6-13)11(12)14-9/h7H,2-6,13H2,1H3. The van der Waals surface area contributed by atoms with Gasteiger partial charge in [-0.15, -0.1) is 11.3 Å². The zero-order valence-corrected chi connectivity index (χ0v) is 10.0. The Labute approximate surface area is 94.3 Å². The molecule has 2 N–H and O–H groups in total. The highest BCUT2D eigenvalue weighted by Gasteiger charge is 2.27. The van der Waals surface area contributed by atoms with E-state index in [1.165, 1.54) is 35.3 Å². The monoisotopic (exact) mass is 229 g/mol. The first kappa shape index (κ1) is 10.5. The highest BCUT2D eigenvalue weighted by molar-refractivity contribution is 7.16. The molecule has 14 heavy (non-hydrogen) atoms. The minimum atomic E-state index is 0.598. The van der Waals surface area contributed by atoms with Crippen molar-refractivity contribution in [2.45, 2.75) is 45.1 Å². The van der Waals surface area contributed by atoms with Gasteiger partial charge in [-0.2, -0.15) is 0 Å². The molecule has 1 nitrogen and oxygen atoms in total. The smallest absolute Gasteiger partial charge is 0.0979 e. The fourth-order valence-corrected chi connectivity index (χ4v) is 3.66. The quantitative estimate of drug-likeness (QED) is 0.841. The van der Waals surface area contributed by atoms with E-state index in [9.17, 15) is 0 Å². The van der Waals surface area contributed by atoms with E-state index in [1.54, 1.807) is 11.3 Å². The van der Waals surface area contributed by atoms with Crippen LogP contribution in [0.25, 0.3) is 0 Å². The third-order valence-electron chi connectivity index (χ3n) is 3.11. The molecular formula is C11H16ClNS. The number of aryl methyl sites for hydroxylation is 1. The molecule has 0 spiro atoms. The first-order valence-electron chi connectivity index (χ1n) is 5.27. The summed E-state index contributed by atoms with van der Waals surface area (Å²) in [5.74, 6) is 0.757. The summed E-state index contributed by atoms with van der Waals surface area (Å²) in [7, 11) is 0. The molecule has 2 rings (SSSR count). The molecule has 1 aromatic rings. The number of halogens is 1. The second-order valence-corrected chi connectivity index (χ2v) is 5.58. The second-order valence-electron chi connectivity index (χ2n) is 3.88. The van der Waals surface area contributed by atoms with Gasteiger partial charge in [-0.05, 0) is 36.3 Å². The van der Waals surface area contributed by atoms with Crippen LogP contribution in [0.15, 0.2) is 0 Å². The maximum atomic E-state index is 6.19. The Kier molecular flexibility index (Phi) is 3.15. The molecule has 0 saturated heterocycles. The Morgan fingerprint density at radius 2 is 2.21 bits per heavy atom. The van der Waals surface area contributed by atoms with Crippen LogP contribution >= 0.6 is 22.9 Å². The summed E-state index contributed by atoms with van der Waals surface area (Å²) >= 11 is 7.92. The lowest BCUT2D eigenvalue weighted by molar-refractivity contribution is 0.416. The van der Waals surface area contributed by atoms with Crippen LogP contribution in [0.4, 0.5) is 0 Å². The third kappa shape index (κ3) is 1.60. The van der Waals surface area contributed by atoms with Gasteiger partial charge in [-0.3, -0.25) is 0 Å². The topological polar surface area (TPSA) is 26.0 Å². The van der Waals surface area contributed by atoms with E-state index in [-0.39, 0.29) is 0 Å².